The van der Waals surface area contributed by atoms with Gasteiger partial charge >= 0.3 is 23.9 Å². The molecule has 0 bridgehead atoms. The highest BCUT2D eigenvalue weighted by Gasteiger charge is 2.30. The number of esters is 1. The Labute approximate surface area is 144 Å². The fraction of sp³-hybridized carbons (Fsp3) is 0.412. The fourth-order valence-electron chi connectivity index (χ4n) is 2.34. The summed E-state index contributed by atoms with van der Waals surface area (Å²) in [5, 5.41) is 27.4. The van der Waals surface area contributed by atoms with Crippen molar-refractivity contribution in [3.05, 3.63) is 34.4 Å². The molecule has 0 spiro atoms. The molecule has 0 aliphatic heterocycles. The third-order valence-electron chi connectivity index (χ3n) is 3.56. The minimum absolute atomic E-state index is 0.0741. The lowest BCUT2D eigenvalue weighted by molar-refractivity contribution is 0.0485. The van der Waals surface area contributed by atoms with Gasteiger partial charge in [-0.2, -0.15) is 0 Å². The molecular weight excluding hydrogens is 332 g/mol. The lowest BCUT2D eigenvalue weighted by Gasteiger charge is -2.11. The van der Waals surface area contributed by atoms with E-state index in [0.717, 1.165) is 37.8 Å². The highest BCUT2D eigenvalue weighted by Crippen LogP contribution is 2.21. The number of unbranched alkanes of at least 4 members (excludes halogenated alkanes) is 4. The summed E-state index contributed by atoms with van der Waals surface area (Å²) in [6, 6.07) is 1.84. The lowest BCUT2D eigenvalue weighted by atomic mass is 9.95. The van der Waals surface area contributed by atoms with Crippen LogP contribution in [0.25, 0.3) is 0 Å². The summed E-state index contributed by atoms with van der Waals surface area (Å²) in [7, 11) is 0. The topological polar surface area (TPSA) is 138 Å². The molecular formula is C17H20O8. The monoisotopic (exact) mass is 352 g/mol. The zero-order valence-electron chi connectivity index (χ0n) is 13.8. The van der Waals surface area contributed by atoms with E-state index in [-0.39, 0.29) is 6.61 Å². The van der Waals surface area contributed by atoms with Crippen LogP contribution >= 0.6 is 0 Å². The van der Waals surface area contributed by atoms with Crippen LogP contribution in [0.15, 0.2) is 12.1 Å². The third-order valence-corrected chi connectivity index (χ3v) is 3.56. The van der Waals surface area contributed by atoms with Gasteiger partial charge in [-0.1, -0.05) is 32.6 Å². The van der Waals surface area contributed by atoms with E-state index in [1.807, 2.05) is 0 Å². The predicted octanol–water partition coefficient (Wildman–Crippen LogP) is 2.91. The van der Waals surface area contributed by atoms with Crippen molar-refractivity contribution >= 4 is 23.9 Å². The van der Waals surface area contributed by atoms with E-state index < -0.39 is 46.1 Å². The zero-order chi connectivity index (χ0) is 19.0. The highest BCUT2D eigenvalue weighted by molar-refractivity contribution is 6.14. The minimum Gasteiger partial charge on any atom is -0.478 e. The minimum atomic E-state index is -1.75. The van der Waals surface area contributed by atoms with Crippen molar-refractivity contribution in [1.82, 2.24) is 0 Å². The molecule has 3 N–H and O–H groups in total. The summed E-state index contributed by atoms with van der Waals surface area (Å²) in [5.74, 6) is -6.05. The van der Waals surface area contributed by atoms with Gasteiger partial charge in [0.15, 0.2) is 0 Å². The lowest BCUT2D eigenvalue weighted by Crippen LogP contribution is -2.20. The van der Waals surface area contributed by atoms with E-state index in [0.29, 0.717) is 6.42 Å². The van der Waals surface area contributed by atoms with Gasteiger partial charge in [0, 0.05) is 0 Å². The van der Waals surface area contributed by atoms with Crippen LogP contribution in [0.3, 0.4) is 0 Å². The molecule has 8 nitrogen and oxygen atoms in total. The molecule has 0 fully saturated rings. The SMILES string of the molecule is CCCCCCCOC(=O)c1ccc(C(=O)O)c(C(=O)O)c1C(=O)O. The van der Waals surface area contributed by atoms with Crippen molar-refractivity contribution < 1.29 is 39.2 Å². The van der Waals surface area contributed by atoms with Crippen LogP contribution in [0.2, 0.25) is 0 Å². The molecule has 0 atom stereocenters. The molecule has 1 rings (SSSR count). The molecule has 25 heavy (non-hydrogen) atoms. The molecule has 0 amide bonds. The molecule has 8 heteroatoms. The molecule has 1 aromatic rings. The van der Waals surface area contributed by atoms with E-state index in [4.69, 9.17) is 14.9 Å². The maximum absolute atomic E-state index is 12.1. The summed E-state index contributed by atoms with van der Waals surface area (Å²) < 4.78 is 4.99. The van der Waals surface area contributed by atoms with E-state index in [9.17, 15) is 24.3 Å². The first-order chi connectivity index (χ1) is 11.8. The Balaban J connectivity index is 3.05. The van der Waals surface area contributed by atoms with Crippen molar-refractivity contribution in [2.45, 2.75) is 39.0 Å². The molecule has 0 aliphatic rings. The van der Waals surface area contributed by atoms with E-state index in [2.05, 4.69) is 6.92 Å². The van der Waals surface area contributed by atoms with Gasteiger partial charge in [-0.3, -0.25) is 0 Å². The van der Waals surface area contributed by atoms with E-state index in [1.165, 1.54) is 0 Å². The van der Waals surface area contributed by atoms with Crippen LogP contribution in [-0.2, 0) is 4.74 Å². The summed E-state index contributed by atoms with van der Waals surface area (Å²) in [5.41, 5.74) is -3.02. The highest BCUT2D eigenvalue weighted by atomic mass is 16.5. The molecule has 0 aromatic heterocycles. The van der Waals surface area contributed by atoms with E-state index >= 15 is 0 Å². The molecule has 0 aliphatic carbocycles. The third kappa shape index (κ3) is 5.30. The second-order valence-electron chi connectivity index (χ2n) is 5.38. The zero-order valence-corrected chi connectivity index (χ0v) is 13.8. The van der Waals surface area contributed by atoms with Gasteiger partial charge in [-0.15, -0.1) is 0 Å². The van der Waals surface area contributed by atoms with Crippen LogP contribution < -0.4 is 0 Å². The van der Waals surface area contributed by atoms with Gasteiger partial charge in [-0.25, -0.2) is 19.2 Å². The molecule has 0 heterocycles. The van der Waals surface area contributed by atoms with Crippen LogP contribution in [0.4, 0.5) is 0 Å². The van der Waals surface area contributed by atoms with Gasteiger partial charge in [0.05, 0.1) is 28.9 Å². The van der Waals surface area contributed by atoms with Crippen molar-refractivity contribution in [2.24, 2.45) is 0 Å². The Morgan fingerprint density at radius 2 is 1.32 bits per heavy atom. The summed E-state index contributed by atoms with van der Waals surface area (Å²) in [6.07, 6.45) is 4.58. The molecule has 0 radical (unpaired) electrons. The smallest absolute Gasteiger partial charge is 0.339 e. The molecule has 1 aromatic carbocycles. The van der Waals surface area contributed by atoms with Crippen molar-refractivity contribution in [3.63, 3.8) is 0 Å². The molecule has 0 saturated heterocycles. The predicted molar refractivity (Wildman–Crippen MR) is 86.4 cm³/mol. The number of hydrogen-bond donors (Lipinski definition) is 3. The quantitative estimate of drug-likeness (QED) is 0.431. The number of aromatic carboxylic acids is 3. The van der Waals surface area contributed by atoms with Gasteiger partial charge in [-0.05, 0) is 18.6 Å². The molecule has 0 unspecified atom stereocenters. The van der Waals surface area contributed by atoms with Crippen LogP contribution in [-0.4, -0.2) is 45.8 Å². The van der Waals surface area contributed by atoms with Gasteiger partial charge in [0.2, 0.25) is 0 Å². The Bertz CT molecular complexity index is 677. The van der Waals surface area contributed by atoms with Gasteiger partial charge < -0.3 is 20.1 Å². The van der Waals surface area contributed by atoms with E-state index in [1.54, 1.807) is 0 Å². The summed E-state index contributed by atoms with van der Waals surface area (Å²) in [6.45, 7) is 2.14. The first-order valence-corrected chi connectivity index (χ1v) is 7.85. The second-order valence-corrected chi connectivity index (χ2v) is 5.38. The summed E-state index contributed by atoms with van der Waals surface area (Å²) in [4.78, 5) is 45.9. The van der Waals surface area contributed by atoms with Crippen molar-refractivity contribution in [2.75, 3.05) is 6.61 Å². The van der Waals surface area contributed by atoms with Gasteiger partial charge in [0.25, 0.3) is 0 Å². The number of carbonyl (C=O) groups excluding carboxylic acids is 1. The van der Waals surface area contributed by atoms with Crippen LogP contribution in [0.1, 0.15) is 80.5 Å². The Morgan fingerprint density at radius 3 is 1.84 bits per heavy atom. The fourth-order valence-corrected chi connectivity index (χ4v) is 2.34. The maximum atomic E-state index is 12.1. The molecule has 0 saturated carbocycles. The Kier molecular flexibility index (Phi) is 7.58. The number of ether oxygens (including phenoxy) is 1. The number of benzene rings is 1. The Hall–Kier alpha value is -2.90. The maximum Gasteiger partial charge on any atom is 0.339 e. The largest absolute Gasteiger partial charge is 0.478 e. The number of carboxylic acids is 3. The normalized spacial score (nSPS) is 10.3. The number of hydrogen-bond acceptors (Lipinski definition) is 5. The second kappa shape index (κ2) is 9.41. The number of carboxylic acid groups (broad SMARTS) is 3. The van der Waals surface area contributed by atoms with Crippen LogP contribution in [0.5, 0.6) is 0 Å². The average Bonchev–Trinajstić information content (AvgIpc) is 2.55. The summed E-state index contributed by atoms with van der Waals surface area (Å²) >= 11 is 0. The first kappa shape index (κ1) is 20.1. The van der Waals surface area contributed by atoms with Gasteiger partial charge in [0.1, 0.15) is 0 Å². The first-order valence-electron chi connectivity index (χ1n) is 7.85. The van der Waals surface area contributed by atoms with Crippen molar-refractivity contribution in [1.29, 1.82) is 0 Å². The van der Waals surface area contributed by atoms with Crippen LogP contribution in [0, 0.1) is 0 Å². The standard InChI is InChI=1S/C17H20O8/c1-2-3-4-5-6-9-25-17(24)11-8-7-10(14(18)19)12(15(20)21)13(11)16(22)23/h7-8H,2-6,9H2,1H3,(H,18,19)(H,20,21)(H,22,23). The Morgan fingerprint density at radius 1 is 0.800 bits per heavy atom. The average molecular weight is 352 g/mol. The molecule has 136 valence electrons. The van der Waals surface area contributed by atoms with Crippen molar-refractivity contribution in [3.8, 4) is 0 Å². The number of carbonyl (C=O) groups is 4. The number of rotatable bonds is 10.